The topological polar surface area (TPSA) is 102 Å². The number of para-hydroxylation sites is 1. The number of hydrogen-bond donors (Lipinski definition) is 3. The predicted octanol–water partition coefficient (Wildman–Crippen LogP) is 0.784. The molecule has 2 aromatic carbocycles. The Hall–Kier alpha value is -3.01. The molecule has 9 heteroatoms. The summed E-state index contributed by atoms with van der Waals surface area (Å²) in [7, 11) is 0. The molecule has 4 rings (SSSR count). The molecule has 0 unspecified atom stereocenters. The fourth-order valence-corrected chi connectivity index (χ4v) is 4.24. The van der Waals surface area contributed by atoms with Crippen molar-refractivity contribution < 1.29 is 28.9 Å². The van der Waals surface area contributed by atoms with E-state index in [4.69, 9.17) is 4.74 Å². The quantitative estimate of drug-likeness (QED) is 0.593. The van der Waals surface area contributed by atoms with Gasteiger partial charge in [0.25, 0.3) is 5.91 Å². The largest absolute Gasteiger partial charge is 0.388 e. The molecule has 0 radical (unpaired) electrons. The number of hydrogen-bond acceptors (Lipinski definition) is 6. The van der Waals surface area contributed by atoms with E-state index in [0.717, 1.165) is 11.8 Å². The molecule has 0 spiro atoms. The van der Waals surface area contributed by atoms with Gasteiger partial charge in [-0.25, -0.2) is 4.39 Å². The Bertz CT molecular complexity index is 968. The summed E-state index contributed by atoms with van der Waals surface area (Å²) in [5, 5.41) is 23.3. The number of halogens is 1. The first-order valence-corrected chi connectivity index (χ1v) is 11.1. The minimum atomic E-state index is -1.24. The number of amides is 2. The Morgan fingerprint density at radius 3 is 2.36 bits per heavy atom. The van der Waals surface area contributed by atoms with Crippen LogP contribution in [0.5, 0.6) is 0 Å². The fraction of sp³-hybridized carbons (Fsp3) is 0.417. The second-order valence-electron chi connectivity index (χ2n) is 8.32. The van der Waals surface area contributed by atoms with Gasteiger partial charge in [-0.1, -0.05) is 24.3 Å². The maximum atomic E-state index is 13.3. The van der Waals surface area contributed by atoms with Crippen molar-refractivity contribution in [2.45, 2.75) is 30.8 Å². The van der Waals surface area contributed by atoms with Gasteiger partial charge < -0.3 is 30.1 Å². The monoisotopic (exact) mass is 457 g/mol. The molecule has 2 aromatic rings. The van der Waals surface area contributed by atoms with E-state index in [2.05, 4.69) is 10.2 Å². The molecular formula is C24H28FN3O5. The third-order valence-electron chi connectivity index (χ3n) is 6.14. The van der Waals surface area contributed by atoms with E-state index >= 15 is 0 Å². The van der Waals surface area contributed by atoms with Crippen molar-refractivity contribution in [3.8, 4) is 0 Å². The van der Waals surface area contributed by atoms with Gasteiger partial charge in [-0.15, -0.1) is 0 Å². The van der Waals surface area contributed by atoms with E-state index in [9.17, 15) is 24.2 Å². The van der Waals surface area contributed by atoms with Gasteiger partial charge in [-0.05, 0) is 30.3 Å². The summed E-state index contributed by atoms with van der Waals surface area (Å²) in [5.41, 5.74) is 1.26. The molecule has 176 valence electrons. The minimum absolute atomic E-state index is 0.0576. The number of nitrogens with one attached hydrogen (secondary N) is 1. The van der Waals surface area contributed by atoms with Gasteiger partial charge in [0.2, 0.25) is 5.91 Å². The minimum Gasteiger partial charge on any atom is -0.388 e. The van der Waals surface area contributed by atoms with Crippen molar-refractivity contribution in [2.24, 2.45) is 0 Å². The first-order valence-electron chi connectivity index (χ1n) is 11.1. The van der Waals surface area contributed by atoms with Gasteiger partial charge in [0.15, 0.2) is 0 Å². The SMILES string of the molecule is O=C(NC[C@H]1O[C@H](CC(=O)N2CCN(c3ccccc3)CC2)[C@H](O)[C@@H]1O)c1cccc(F)c1. The maximum absolute atomic E-state index is 13.3. The Kier molecular flexibility index (Phi) is 7.22. The van der Waals surface area contributed by atoms with E-state index in [1.807, 2.05) is 30.3 Å². The molecule has 2 saturated heterocycles. The molecule has 0 saturated carbocycles. The average Bonchev–Trinajstić information content (AvgIpc) is 3.11. The van der Waals surface area contributed by atoms with Crippen molar-refractivity contribution in [2.75, 3.05) is 37.6 Å². The van der Waals surface area contributed by atoms with Gasteiger partial charge in [-0.2, -0.15) is 0 Å². The van der Waals surface area contributed by atoms with Gasteiger partial charge in [0.05, 0.1) is 12.5 Å². The normalized spacial score (nSPS) is 25.2. The van der Waals surface area contributed by atoms with Crippen molar-refractivity contribution >= 4 is 17.5 Å². The van der Waals surface area contributed by atoms with Crippen LogP contribution >= 0.6 is 0 Å². The average molecular weight is 458 g/mol. The Morgan fingerprint density at radius 1 is 0.970 bits per heavy atom. The molecule has 0 aliphatic carbocycles. The van der Waals surface area contributed by atoms with Crippen LogP contribution in [0.25, 0.3) is 0 Å². The highest BCUT2D eigenvalue weighted by atomic mass is 19.1. The first kappa shape index (κ1) is 23.2. The number of benzene rings is 2. The zero-order valence-corrected chi connectivity index (χ0v) is 18.1. The van der Waals surface area contributed by atoms with Crippen LogP contribution in [0.4, 0.5) is 10.1 Å². The van der Waals surface area contributed by atoms with Crippen molar-refractivity contribution in [3.63, 3.8) is 0 Å². The summed E-state index contributed by atoms with van der Waals surface area (Å²) in [4.78, 5) is 28.9. The third kappa shape index (κ3) is 5.50. The smallest absolute Gasteiger partial charge is 0.251 e. The van der Waals surface area contributed by atoms with Crippen LogP contribution < -0.4 is 10.2 Å². The highest BCUT2D eigenvalue weighted by Gasteiger charge is 2.44. The lowest BCUT2D eigenvalue weighted by Crippen LogP contribution is -2.49. The lowest BCUT2D eigenvalue weighted by atomic mass is 10.0. The fourth-order valence-electron chi connectivity index (χ4n) is 4.24. The van der Waals surface area contributed by atoms with Crippen molar-refractivity contribution in [1.82, 2.24) is 10.2 Å². The van der Waals surface area contributed by atoms with Crippen LogP contribution in [0, 0.1) is 5.82 Å². The molecule has 2 aliphatic heterocycles. The Balaban J connectivity index is 1.26. The number of carbonyl (C=O) groups is 2. The third-order valence-corrected chi connectivity index (χ3v) is 6.14. The second kappa shape index (κ2) is 10.3. The zero-order chi connectivity index (χ0) is 23.4. The zero-order valence-electron chi connectivity index (χ0n) is 18.1. The molecule has 2 aliphatic rings. The first-order chi connectivity index (χ1) is 15.9. The summed E-state index contributed by atoms with van der Waals surface area (Å²) >= 11 is 0. The number of ether oxygens (including phenoxy) is 1. The van der Waals surface area contributed by atoms with E-state index in [1.165, 1.54) is 18.2 Å². The number of aliphatic hydroxyl groups is 2. The van der Waals surface area contributed by atoms with Crippen LogP contribution in [0.15, 0.2) is 54.6 Å². The molecule has 4 atom stereocenters. The summed E-state index contributed by atoms with van der Waals surface area (Å²) in [5.74, 6) is -1.20. The van der Waals surface area contributed by atoms with Gasteiger partial charge in [0.1, 0.15) is 24.1 Å². The number of carbonyl (C=O) groups excluding carboxylic acids is 2. The lowest BCUT2D eigenvalue weighted by molar-refractivity contribution is -0.135. The van der Waals surface area contributed by atoms with Gasteiger partial charge in [-0.3, -0.25) is 9.59 Å². The summed E-state index contributed by atoms with van der Waals surface area (Å²) in [6, 6.07) is 15.2. The van der Waals surface area contributed by atoms with E-state index in [0.29, 0.717) is 26.2 Å². The van der Waals surface area contributed by atoms with E-state index in [-0.39, 0.29) is 24.4 Å². The number of rotatable bonds is 6. The van der Waals surface area contributed by atoms with Crippen LogP contribution in [0.1, 0.15) is 16.8 Å². The van der Waals surface area contributed by atoms with E-state index < -0.39 is 36.1 Å². The van der Waals surface area contributed by atoms with Crippen LogP contribution in [-0.4, -0.2) is 84.1 Å². The predicted molar refractivity (Wildman–Crippen MR) is 119 cm³/mol. The van der Waals surface area contributed by atoms with Crippen LogP contribution in [0.3, 0.4) is 0 Å². The summed E-state index contributed by atoms with van der Waals surface area (Å²) < 4.78 is 19.0. The summed E-state index contributed by atoms with van der Waals surface area (Å²) in [6.07, 6.45) is -4.28. The summed E-state index contributed by atoms with van der Waals surface area (Å²) in [6.45, 7) is 2.47. The number of anilines is 1. The molecule has 3 N–H and O–H groups in total. The standard InChI is InChI=1S/C24H28FN3O5/c25-17-6-4-5-16(13-17)24(32)26-15-20-23(31)22(30)19(33-20)14-21(29)28-11-9-27(10-12-28)18-7-2-1-3-8-18/h1-8,13,19-20,22-23,30-31H,9-12,14-15H2,(H,26,32)/t19-,20-,22+,23-/m1/s1. The molecule has 2 heterocycles. The molecule has 2 fully saturated rings. The molecule has 0 bridgehead atoms. The Labute approximate surface area is 191 Å². The Morgan fingerprint density at radius 2 is 1.67 bits per heavy atom. The highest BCUT2D eigenvalue weighted by molar-refractivity contribution is 5.94. The number of aliphatic hydroxyl groups excluding tert-OH is 2. The number of piperazine rings is 1. The number of nitrogens with zero attached hydrogens (tertiary/aromatic N) is 2. The van der Waals surface area contributed by atoms with Gasteiger partial charge in [0, 0.05) is 44.0 Å². The second-order valence-corrected chi connectivity index (χ2v) is 8.32. The maximum Gasteiger partial charge on any atom is 0.251 e. The van der Waals surface area contributed by atoms with Crippen LogP contribution in [0.2, 0.25) is 0 Å². The molecule has 2 amide bonds. The lowest BCUT2D eigenvalue weighted by Gasteiger charge is -2.36. The molecule has 0 aromatic heterocycles. The van der Waals surface area contributed by atoms with Gasteiger partial charge >= 0.3 is 0 Å². The molecule has 8 nitrogen and oxygen atoms in total. The van der Waals surface area contributed by atoms with Crippen LogP contribution in [-0.2, 0) is 9.53 Å². The molecule has 33 heavy (non-hydrogen) atoms. The van der Waals surface area contributed by atoms with Crippen molar-refractivity contribution in [1.29, 1.82) is 0 Å². The van der Waals surface area contributed by atoms with E-state index in [1.54, 1.807) is 4.90 Å². The molecular weight excluding hydrogens is 429 g/mol. The highest BCUT2D eigenvalue weighted by Crippen LogP contribution is 2.25. The van der Waals surface area contributed by atoms with Crippen molar-refractivity contribution in [3.05, 3.63) is 66.0 Å².